The molecule has 2 bridgehead atoms. The second-order valence-electron chi connectivity index (χ2n) is 10.4. The molecular formula is C26H24BrF3N4O4S. The Labute approximate surface area is 234 Å². The maximum absolute atomic E-state index is 15.8. The second kappa shape index (κ2) is 9.41. The fourth-order valence-electron chi connectivity index (χ4n) is 6.53. The van der Waals surface area contributed by atoms with E-state index in [1.165, 1.54) is 30.6 Å². The van der Waals surface area contributed by atoms with Gasteiger partial charge in [0.15, 0.2) is 22.2 Å². The molecule has 3 aliphatic heterocycles. The van der Waals surface area contributed by atoms with Crippen molar-refractivity contribution in [2.24, 2.45) is 10.9 Å². The highest BCUT2D eigenvalue weighted by Crippen LogP contribution is 2.70. The molecule has 1 saturated carbocycles. The summed E-state index contributed by atoms with van der Waals surface area (Å²) in [5, 5.41) is 14.7. The van der Waals surface area contributed by atoms with E-state index in [0.29, 0.717) is 22.1 Å². The van der Waals surface area contributed by atoms with Crippen LogP contribution >= 0.6 is 27.3 Å². The van der Waals surface area contributed by atoms with Crippen molar-refractivity contribution >= 4 is 45.0 Å². The monoisotopic (exact) mass is 624 g/mol. The first-order chi connectivity index (χ1) is 18.6. The summed E-state index contributed by atoms with van der Waals surface area (Å²) >= 11 is 4.58. The smallest absolute Gasteiger partial charge is 0.338 e. The lowest BCUT2D eigenvalue weighted by molar-refractivity contribution is -0.139. The van der Waals surface area contributed by atoms with Gasteiger partial charge in [0.05, 0.1) is 17.2 Å². The third-order valence-electron chi connectivity index (χ3n) is 8.30. The Kier molecular flexibility index (Phi) is 6.38. The molecule has 1 aromatic heterocycles. The molecule has 206 valence electrons. The summed E-state index contributed by atoms with van der Waals surface area (Å²) in [5.41, 5.74) is -3.35. The van der Waals surface area contributed by atoms with Crippen LogP contribution in [0.15, 0.2) is 50.5 Å². The van der Waals surface area contributed by atoms with Gasteiger partial charge in [0.2, 0.25) is 0 Å². The number of rotatable bonds is 7. The largest absolute Gasteiger partial charge is 0.481 e. The number of amidine groups is 1. The van der Waals surface area contributed by atoms with Gasteiger partial charge in [-0.15, -0.1) is 11.3 Å². The number of carbonyl (C=O) groups excluding carboxylic acids is 1. The van der Waals surface area contributed by atoms with Crippen LogP contribution in [0, 0.1) is 11.7 Å². The molecule has 4 aliphatic rings. The molecule has 2 aromatic rings. The number of aliphatic carboxylic acids is 1. The van der Waals surface area contributed by atoms with E-state index in [4.69, 9.17) is 9.73 Å². The molecule has 0 radical (unpaired) electrons. The fraction of sp³-hybridized carbons (Fsp3) is 0.462. The molecule has 13 heteroatoms. The number of benzene rings is 1. The number of hydrogen-bond acceptors (Lipinski definition) is 8. The van der Waals surface area contributed by atoms with Gasteiger partial charge in [0.1, 0.15) is 11.9 Å². The van der Waals surface area contributed by atoms with Crippen LogP contribution in [-0.4, -0.2) is 69.8 Å². The summed E-state index contributed by atoms with van der Waals surface area (Å²) in [6, 6.07) is 1.73. The number of hydrogen-bond donors (Lipinski definition) is 2. The van der Waals surface area contributed by atoms with E-state index < -0.39 is 47.2 Å². The molecule has 2 saturated heterocycles. The SMILES string of the molecule is COC(=O)C1=C(CN2[C@H]3CC(CC(=O)O)C[C@@H]2C2(F)CC32F)NC(c2nccs2)=N[C@H]1c1cccc(F)c1Br. The zero-order valence-corrected chi connectivity index (χ0v) is 23.1. The average Bonchev–Trinajstić information content (AvgIpc) is 3.20. The molecule has 3 unspecified atom stereocenters. The van der Waals surface area contributed by atoms with Crippen LogP contribution in [0.2, 0.25) is 0 Å². The standard InChI is InChI=1S/C26H24BrF3N4O4S/c1-38-24(37)19-15(10-34-16-7-12(9-18(35)36)8-17(34)26(30)11-25(16,26)29)32-22(23-31-5-6-39-23)33-21(19)13-3-2-4-14(28)20(13)27/h2-6,12,16-17,21H,7-11H2,1H3,(H,32,33)(H,35,36)/t12?,16-,17+,21-,25?,26?/m0/s1. The van der Waals surface area contributed by atoms with Gasteiger partial charge in [0, 0.05) is 48.7 Å². The molecule has 0 amide bonds. The molecule has 6 atom stereocenters. The van der Waals surface area contributed by atoms with Crippen LogP contribution in [0.25, 0.3) is 0 Å². The van der Waals surface area contributed by atoms with E-state index in [0.717, 1.165) is 0 Å². The molecule has 4 heterocycles. The maximum Gasteiger partial charge on any atom is 0.338 e. The molecule has 6 rings (SSSR count). The minimum absolute atomic E-state index is 0.0370. The van der Waals surface area contributed by atoms with Crippen molar-refractivity contribution in [2.75, 3.05) is 13.7 Å². The summed E-state index contributed by atoms with van der Waals surface area (Å²) < 4.78 is 51.4. The van der Waals surface area contributed by atoms with E-state index in [-0.39, 0.29) is 48.2 Å². The summed E-state index contributed by atoms with van der Waals surface area (Å²) in [5.74, 6) is -2.28. The van der Waals surface area contributed by atoms with Crippen LogP contribution in [-0.2, 0) is 14.3 Å². The third kappa shape index (κ3) is 4.12. The van der Waals surface area contributed by atoms with Crippen LogP contribution in [0.4, 0.5) is 13.2 Å². The molecule has 1 aliphatic carbocycles. The summed E-state index contributed by atoms with van der Waals surface area (Å²) in [7, 11) is 1.22. The first kappa shape index (κ1) is 26.5. The van der Waals surface area contributed by atoms with E-state index in [9.17, 15) is 19.1 Å². The van der Waals surface area contributed by atoms with Crippen LogP contribution in [0.3, 0.4) is 0 Å². The number of fused-ring (bicyclic) bond motifs is 5. The Morgan fingerprint density at radius 1 is 1.28 bits per heavy atom. The van der Waals surface area contributed by atoms with Crippen molar-refractivity contribution in [1.29, 1.82) is 0 Å². The van der Waals surface area contributed by atoms with Gasteiger partial charge < -0.3 is 15.2 Å². The highest BCUT2D eigenvalue weighted by molar-refractivity contribution is 9.10. The highest BCUT2D eigenvalue weighted by atomic mass is 79.9. The van der Waals surface area contributed by atoms with Crippen LogP contribution < -0.4 is 5.32 Å². The number of aliphatic imine (C=N–C) groups is 1. The lowest BCUT2D eigenvalue weighted by atomic mass is 9.84. The van der Waals surface area contributed by atoms with Gasteiger partial charge in [0.25, 0.3) is 0 Å². The summed E-state index contributed by atoms with van der Waals surface area (Å²) in [6.45, 7) is -0.0370. The van der Waals surface area contributed by atoms with Gasteiger partial charge in [-0.1, -0.05) is 12.1 Å². The number of esters is 1. The number of carboxylic acid groups (broad SMARTS) is 1. The topological polar surface area (TPSA) is 104 Å². The number of alkyl halides is 2. The number of halogens is 4. The number of methoxy groups -OCH3 is 1. The predicted octanol–water partition coefficient (Wildman–Crippen LogP) is 4.32. The molecule has 3 fully saturated rings. The Balaban J connectivity index is 1.43. The van der Waals surface area contributed by atoms with Gasteiger partial charge >= 0.3 is 11.9 Å². The number of piperidine rings is 2. The molecular weight excluding hydrogens is 601 g/mol. The van der Waals surface area contributed by atoms with Gasteiger partial charge in [-0.3, -0.25) is 14.7 Å². The van der Waals surface area contributed by atoms with E-state index in [2.05, 4.69) is 26.2 Å². The predicted molar refractivity (Wildman–Crippen MR) is 139 cm³/mol. The Morgan fingerprint density at radius 3 is 2.62 bits per heavy atom. The number of thiazole rings is 1. The number of carbonyl (C=O) groups is 2. The summed E-state index contributed by atoms with van der Waals surface area (Å²) in [4.78, 5) is 35.3. The van der Waals surface area contributed by atoms with Crippen molar-refractivity contribution in [2.45, 2.75) is 55.1 Å². The third-order valence-corrected chi connectivity index (χ3v) is 9.91. The Morgan fingerprint density at radius 2 is 2.00 bits per heavy atom. The van der Waals surface area contributed by atoms with Crippen molar-refractivity contribution in [1.82, 2.24) is 15.2 Å². The van der Waals surface area contributed by atoms with Gasteiger partial charge in [-0.2, -0.15) is 0 Å². The number of carboxylic acids is 1. The first-order valence-corrected chi connectivity index (χ1v) is 14.1. The molecule has 8 nitrogen and oxygen atoms in total. The quantitative estimate of drug-likeness (QED) is 0.442. The molecule has 0 spiro atoms. The van der Waals surface area contributed by atoms with E-state index in [1.807, 2.05) is 0 Å². The zero-order valence-electron chi connectivity index (χ0n) is 20.7. The number of nitrogens with zero attached hydrogens (tertiary/aromatic N) is 3. The van der Waals surface area contributed by atoms with Crippen molar-refractivity contribution in [3.05, 3.63) is 61.9 Å². The highest BCUT2D eigenvalue weighted by Gasteiger charge is 2.85. The zero-order chi connectivity index (χ0) is 27.7. The normalized spacial score (nSPS) is 33.3. The molecule has 39 heavy (non-hydrogen) atoms. The first-order valence-electron chi connectivity index (χ1n) is 12.4. The molecule has 2 N–H and O–H groups in total. The Bertz CT molecular complexity index is 1400. The van der Waals surface area contributed by atoms with Gasteiger partial charge in [-0.05, 0) is 46.3 Å². The lowest BCUT2D eigenvalue weighted by Gasteiger charge is -2.42. The fourth-order valence-corrected chi connectivity index (χ4v) is 7.60. The number of ether oxygens (including phenoxy) is 1. The van der Waals surface area contributed by atoms with Crippen molar-refractivity contribution in [3.8, 4) is 0 Å². The van der Waals surface area contributed by atoms with Crippen molar-refractivity contribution < 1.29 is 32.6 Å². The minimum atomic E-state index is -2.07. The van der Waals surface area contributed by atoms with Crippen molar-refractivity contribution in [3.63, 3.8) is 0 Å². The van der Waals surface area contributed by atoms with Crippen LogP contribution in [0.5, 0.6) is 0 Å². The number of nitrogens with one attached hydrogen (secondary N) is 1. The molecule has 1 aromatic carbocycles. The lowest BCUT2D eigenvalue weighted by Crippen LogP contribution is -2.52. The number of aromatic nitrogens is 1. The van der Waals surface area contributed by atoms with Crippen LogP contribution in [0.1, 0.15) is 42.3 Å². The minimum Gasteiger partial charge on any atom is -0.481 e. The van der Waals surface area contributed by atoms with E-state index in [1.54, 1.807) is 22.5 Å². The van der Waals surface area contributed by atoms with Gasteiger partial charge in [-0.25, -0.2) is 22.9 Å². The second-order valence-corrected chi connectivity index (χ2v) is 12.1. The Hall–Kier alpha value is -2.77. The summed E-state index contributed by atoms with van der Waals surface area (Å²) in [6.07, 6.45) is 1.61. The van der Waals surface area contributed by atoms with E-state index >= 15 is 8.78 Å². The maximum atomic E-state index is 15.8. The average molecular weight is 625 g/mol.